The van der Waals surface area contributed by atoms with Gasteiger partial charge in [0.1, 0.15) is 5.75 Å². The Morgan fingerprint density at radius 1 is 1.00 bits per heavy atom. The summed E-state index contributed by atoms with van der Waals surface area (Å²) < 4.78 is 0. The monoisotopic (exact) mass is 290 g/mol. The van der Waals surface area contributed by atoms with E-state index in [1.54, 1.807) is 24.3 Å². The Balaban J connectivity index is 1.75. The van der Waals surface area contributed by atoms with Gasteiger partial charge < -0.3 is 15.7 Å². The van der Waals surface area contributed by atoms with Crippen LogP contribution in [0, 0.1) is 0 Å². The number of carbonyl (C=O) groups is 2. The summed E-state index contributed by atoms with van der Waals surface area (Å²) in [5.74, 6) is -0.585. The molecule has 0 saturated heterocycles. The average Bonchev–Trinajstić information content (AvgIpc) is 2.98. The Hall–Kier alpha value is -2.34. The van der Waals surface area contributed by atoms with Crippen molar-refractivity contribution < 1.29 is 14.7 Å². The Labute approximate surface area is 120 Å². The van der Waals surface area contributed by atoms with Crippen LogP contribution >= 0.6 is 11.3 Å². The fourth-order valence-corrected chi connectivity index (χ4v) is 2.25. The van der Waals surface area contributed by atoms with Gasteiger partial charge in [-0.2, -0.15) is 0 Å². The summed E-state index contributed by atoms with van der Waals surface area (Å²) in [4.78, 5) is 24.0. The fourth-order valence-electron chi connectivity index (χ4n) is 1.61. The number of hydrogen-bond donors (Lipinski definition) is 3. The number of hydrogen-bond acceptors (Lipinski definition) is 4. The quantitative estimate of drug-likeness (QED) is 0.732. The molecule has 2 amide bonds. The Morgan fingerprint density at radius 3 is 2.35 bits per heavy atom. The van der Waals surface area contributed by atoms with Crippen molar-refractivity contribution in [2.75, 3.05) is 13.1 Å². The molecule has 0 atom stereocenters. The van der Waals surface area contributed by atoms with Crippen molar-refractivity contribution in [2.24, 2.45) is 0 Å². The molecule has 0 aliphatic carbocycles. The third-order valence-electron chi connectivity index (χ3n) is 2.59. The number of phenolic OH excluding ortho intramolecular Hbond substituents is 1. The van der Waals surface area contributed by atoms with E-state index in [1.807, 2.05) is 5.38 Å². The summed E-state index contributed by atoms with van der Waals surface area (Å²) >= 11 is 1.36. The van der Waals surface area contributed by atoms with Crippen molar-refractivity contribution in [1.82, 2.24) is 10.6 Å². The first-order valence-electron chi connectivity index (χ1n) is 6.06. The second kappa shape index (κ2) is 6.72. The minimum absolute atomic E-state index is 0.0624. The van der Waals surface area contributed by atoms with E-state index in [9.17, 15) is 14.7 Å². The van der Waals surface area contributed by atoms with E-state index in [1.165, 1.54) is 23.5 Å². The number of nitrogens with one attached hydrogen (secondary N) is 2. The molecule has 20 heavy (non-hydrogen) atoms. The van der Waals surface area contributed by atoms with Gasteiger partial charge in [-0.25, -0.2) is 0 Å². The molecule has 0 saturated carbocycles. The highest BCUT2D eigenvalue weighted by Gasteiger charge is 2.09. The summed E-state index contributed by atoms with van der Waals surface area (Å²) in [7, 11) is 0. The zero-order valence-corrected chi connectivity index (χ0v) is 11.4. The predicted octanol–water partition coefficient (Wildman–Crippen LogP) is 1.61. The molecule has 3 N–H and O–H groups in total. The molecule has 1 aromatic heterocycles. The number of carbonyl (C=O) groups excluding carboxylic acids is 2. The maximum Gasteiger partial charge on any atom is 0.261 e. The van der Waals surface area contributed by atoms with Crippen LogP contribution in [0.1, 0.15) is 20.0 Å². The highest BCUT2D eigenvalue weighted by atomic mass is 32.1. The van der Waals surface area contributed by atoms with Crippen LogP contribution in [0.5, 0.6) is 5.75 Å². The summed E-state index contributed by atoms with van der Waals surface area (Å²) in [5.41, 5.74) is 0.220. The second-order valence-electron chi connectivity index (χ2n) is 4.01. The molecule has 0 spiro atoms. The van der Waals surface area contributed by atoms with Crippen molar-refractivity contribution in [2.45, 2.75) is 0 Å². The summed E-state index contributed by atoms with van der Waals surface area (Å²) in [6, 6.07) is 9.85. The molecule has 0 unspecified atom stereocenters. The third kappa shape index (κ3) is 3.58. The first-order chi connectivity index (χ1) is 9.68. The van der Waals surface area contributed by atoms with Crippen molar-refractivity contribution in [1.29, 1.82) is 0 Å². The lowest BCUT2D eigenvalue weighted by atomic mass is 10.2. The van der Waals surface area contributed by atoms with Crippen LogP contribution in [-0.4, -0.2) is 30.0 Å². The van der Waals surface area contributed by atoms with Crippen LogP contribution in [0.2, 0.25) is 0 Å². The third-order valence-corrected chi connectivity index (χ3v) is 3.46. The Kier molecular flexibility index (Phi) is 4.73. The van der Waals surface area contributed by atoms with E-state index in [0.717, 1.165) is 0 Å². The van der Waals surface area contributed by atoms with Crippen LogP contribution in [0.3, 0.4) is 0 Å². The number of benzene rings is 1. The van der Waals surface area contributed by atoms with E-state index in [2.05, 4.69) is 10.6 Å². The van der Waals surface area contributed by atoms with Crippen molar-refractivity contribution >= 4 is 23.2 Å². The molecule has 0 aliphatic rings. The van der Waals surface area contributed by atoms with Gasteiger partial charge >= 0.3 is 0 Å². The van der Waals surface area contributed by atoms with Gasteiger partial charge in [-0.05, 0) is 23.6 Å². The summed E-state index contributed by atoms with van der Waals surface area (Å²) in [5, 5.41) is 16.7. The topological polar surface area (TPSA) is 78.4 Å². The van der Waals surface area contributed by atoms with E-state index < -0.39 is 0 Å². The summed E-state index contributed by atoms with van der Waals surface area (Å²) in [6.07, 6.45) is 0. The normalized spacial score (nSPS) is 10.0. The van der Waals surface area contributed by atoms with Gasteiger partial charge in [0.05, 0.1) is 10.4 Å². The molecule has 2 aromatic rings. The number of thiophene rings is 1. The molecule has 2 rings (SSSR count). The van der Waals surface area contributed by atoms with Gasteiger partial charge in [-0.3, -0.25) is 9.59 Å². The van der Waals surface area contributed by atoms with Gasteiger partial charge in [-0.15, -0.1) is 11.3 Å². The SMILES string of the molecule is O=C(NCCNC(=O)c1ccccc1O)c1cccs1. The van der Waals surface area contributed by atoms with Crippen molar-refractivity contribution in [3.63, 3.8) is 0 Å². The van der Waals surface area contributed by atoms with Gasteiger partial charge in [0.15, 0.2) is 0 Å². The first-order valence-corrected chi connectivity index (χ1v) is 6.94. The van der Waals surface area contributed by atoms with Crippen LogP contribution in [-0.2, 0) is 0 Å². The van der Waals surface area contributed by atoms with E-state index >= 15 is 0 Å². The number of rotatable bonds is 5. The zero-order valence-electron chi connectivity index (χ0n) is 10.6. The maximum atomic E-state index is 11.8. The standard InChI is InChI=1S/C14H14N2O3S/c17-11-5-2-1-4-10(11)13(18)15-7-8-16-14(19)12-6-3-9-20-12/h1-6,9,17H,7-8H2,(H,15,18)(H,16,19). The second-order valence-corrected chi connectivity index (χ2v) is 4.95. The molecule has 104 valence electrons. The van der Waals surface area contributed by atoms with Gasteiger partial charge in [0.2, 0.25) is 0 Å². The van der Waals surface area contributed by atoms with Gasteiger partial charge in [0, 0.05) is 13.1 Å². The minimum Gasteiger partial charge on any atom is -0.507 e. The number of amides is 2. The largest absolute Gasteiger partial charge is 0.507 e. The molecule has 0 radical (unpaired) electrons. The van der Waals surface area contributed by atoms with E-state index in [-0.39, 0.29) is 23.1 Å². The molecule has 1 aromatic carbocycles. The Morgan fingerprint density at radius 2 is 1.70 bits per heavy atom. The summed E-state index contributed by atoms with van der Waals surface area (Å²) in [6.45, 7) is 0.625. The lowest BCUT2D eigenvalue weighted by Crippen LogP contribution is -2.34. The fraction of sp³-hybridized carbons (Fsp3) is 0.143. The molecular formula is C14H14N2O3S. The van der Waals surface area contributed by atoms with Crippen molar-refractivity contribution in [3.05, 3.63) is 52.2 Å². The zero-order chi connectivity index (χ0) is 14.4. The molecule has 0 aliphatic heterocycles. The van der Waals surface area contributed by atoms with E-state index in [4.69, 9.17) is 0 Å². The van der Waals surface area contributed by atoms with Crippen LogP contribution in [0.25, 0.3) is 0 Å². The highest BCUT2D eigenvalue weighted by molar-refractivity contribution is 7.12. The molecule has 1 heterocycles. The average molecular weight is 290 g/mol. The smallest absolute Gasteiger partial charge is 0.261 e. The molecule has 5 nitrogen and oxygen atoms in total. The number of aromatic hydroxyl groups is 1. The van der Waals surface area contributed by atoms with Gasteiger partial charge in [0.25, 0.3) is 11.8 Å². The molecule has 6 heteroatoms. The Bertz CT molecular complexity index is 596. The predicted molar refractivity (Wildman–Crippen MR) is 77.1 cm³/mol. The lowest BCUT2D eigenvalue weighted by molar-refractivity contribution is 0.0928. The lowest BCUT2D eigenvalue weighted by Gasteiger charge is -2.07. The maximum absolute atomic E-state index is 11.8. The highest BCUT2D eigenvalue weighted by Crippen LogP contribution is 2.14. The van der Waals surface area contributed by atoms with Crippen LogP contribution in [0.4, 0.5) is 0 Å². The number of phenols is 1. The molecule has 0 fully saturated rings. The first kappa shape index (κ1) is 14.1. The molecule has 0 bridgehead atoms. The van der Waals surface area contributed by atoms with Crippen LogP contribution in [0.15, 0.2) is 41.8 Å². The molecular weight excluding hydrogens is 276 g/mol. The number of para-hydroxylation sites is 1. The minimum atomic E-state index is -0.367. The van der Waals surface area contributed by atoms with Crippen molar-refractivity contribution in [3.8, 4) is 5.75 Å². The van der Waals surface area contributed by atoms with Crippen LogP contribution < -0.4 is 10.6 Å². The van der Waals surface area contributed by atoms with E-state index in [0.29, 0.717) is 18.0 Å². The van der Waals surface area contributed by atoms with Gasteiger partial charge in [-0.1, -0.05) is 18.2 Å².